The summed E-state index contributed by atoms with van der Waals surface area (Å²) in [6.07, 6.45) is 14.6. The number of aliphatic hydroxyl groups is 1. The van der Waals surface area contributed by atoms with E-state index < -0.39 is 6.10 Å². The van der Waals surface area contributed by atoms with Crippen LogP contribution in [0.1, 0.15) is 72.1 Å². The average Bonchev–Trinajstić information content (AvgIpc) is 2.63. The average molecular weight is 395 g/mol. The van der Waals surface area contributed by atoms with Crippen molar-refractivity contribution in [1.82, 2.24) is 0 Å². The Balaban J connectivity index is 3.75. The quantitative estimate of drug-likeness (QED) is 0.185. The maximum absolute atomic E-state index is 11.5. The molecule has 5 nitrogen and oxygen atoms in total. The standard InChI is InChI=1S/C23H38O5/c1-19(2)12-11-13-20(3)18-21(24)14-7-5-6-10-17-28-23(26)16-9-8-15-22(25)27-4/h5-7,12,14,20-21,24H,8-11,13,15-18H2,1-4H3/b6-5-,14-7+/t20-,21+/m0/s1. The number of carbonyl (C=O) groups is 2. The number of rotatable bonds is 15. The minimum absolute atomic E-state index is 0.244. The van der Waals surface area contributed by atoms with Crippen LogP contribution in [0.3, 0.4) is 0 Å². The van der Waals surface area contributed by atoms with Gasteiger partial charge in [-0.2, -0.15) is 0 Å². The van der Waals surface area contributed by atoms with E-state index in [-0.39, 0.29) is 11.9 Å². The van der Waals surface area contributed by atoms with Gasteiger partial charge in [0.05, 0.1) is 19.8 Å². The first-order valence-corrected chi connectivity index (χ1v) is 10.2. The van der Waals surface area contributed by atoms with Gasteiger partial charge >= 0.3 is 11.9 Å². The van der Waals surface area contributed by atoms with Crippen LogP contribution in [0.15, 0.2) is 36.0 Å². The summed E-state index contributed by atoms with van der Waals surface area (Å²) in [4.78, 5) is 22.5. The summed E-state index contributed by atoms with van der Waals surface area (Å²) in [7, 11) is 1.35. The lowest BCUT2D eigenvalue weighted by atomic mass is 9.97. The highest BCUT2D eigenvalue weighted by Crippen LogP contribution is 2.14. The molecule has 0 aliphatic heterocycles. The summed E-state index contributed by atoms with van der Waals surface area (Å²) in [6.45, 7) is 6.70. The lowest BCUT2D eigenvalue weighted by molar-refractivity contribution is -0.144. The summed E-state index contributed by atoms with van der Waals surface area (Å²) in [5, 5.41) is 10.0. The minimum Gasteiger partial charge on any atom is -0.469 e. The van der Waals surface area contributed by atoms with Gasteiger partial charge in [-0.15, -0.1) is 0 Å². The second kappa shape index (κ2) is 17.2. The molecule has 0 aliphatic rings. The van der Waals surface area contributed by atoms with Gasteiger partial charge in [-0.1, -0.05) is 42.9 Å². The molecule has 5 heteroatoms. The van der Waals surface area contributed by atoms with Crippen LogP contribution >= 0.6 is 0 Å². The molecule has 0 saturated heterocycles. The van der Waals surface area contributed by atoms with E-state index in [0.717, 1.165) is 19.3 Å². The highest BCUT2D eigenvalue weighted by atomic mass is 16.5. The number of allylic oxidation sites excluding steroid dienone is 4. The van der Waals surface area contributed by atoms with Crippen molar-refractivity contribution in [3.8, 4) is 0 Å². The zero-order chi connectivity index (χ0) is 21.2. The number of esters is 2. The van der Waals surface area contributed by atoms with Crippen molar-refractivity contribution < 1.29 is 24.2 Å². The van der Waals surface area contributed by atoms with Crippen molar-refractivity contribution in [2.45, 2.75) is 78.2 Å². The molecular weight excluding hydrogens is 356 g/mol. The fraction of sp³-hybridized carbons (Fsp3) is 0.652. The molecule has 0 aromatic heterocycles. The minimum atomic E-state index is -0.436. The van der Waals surface area contributed by atoms with E-state index in [2.05, 4.69) is 31.6 Å². The zero-order valence-corrected chi connectivity index (χ0v) is 18.0. The molecule has 0 fully saturated rings. The van der Waals surface area contributed by atoms with Gasteiger partial charge in [0.1, 0.15) is 0 Å². The number of methoxy groups -OCH3 is 1. The molecule has 0 aromatic rings. The number of unbranched alkanes of at least 4 members (excludes halogenated alkanes) is 1. The summed E-state index contributed by atoms with van der Waals surface area (Å²) in [5.74, 6) is -0.0209. The number of carbonyl (C=O) groups excluding carboxylic acids is 2. The van der Waals surface area contributed by atoms with Crippen molar-refractivity contribution in [1.29, 1.82) is 0 Å². The first kappa shape index (κ1) is 26.1. The second-order valence-corrected chi connectivity index (χ2v) is 7.37. The third kappa shape index (κ3) is 17.5. The topological polar surface area (TPSA) is 72.8 Å². The molecule has 2 atom stereocenters. The van der Waals surface area contributed by atoms with E-state index >= 15 is 0 Å². The SMILES string of the molecule is COC(=O)CCCCC(=O)OCC/C=C\C=C\[C@@H](O)C[C@@H](C)CCC=C(C)C. The lowest BCUT2D eigenvalue weighted by Crippen LogP contribution is -2.08. The number of aliphatic hydroxyl groups excluding tert-OH is 1. The number of ether oxygens (including phenoxy) is 2. The van der Waals surface area contributed by atoms with Crippen LogP contribution < -0.4 is 0 Å². The van der Waals surface area contributed by atoms with Crippen LogP contribution in [0.25, 0.3) is 0 Å². The van der Waals surface area contributed by atoms with Gasteiger partial charge in [0.15, 0.2) is 0 Å². The fourth-order valence-electron chi connectivity index (χ4n) is 2.59. The van der Waals surface area contributed by atoms with Crippen LogP contribution in [0, 0.1) is 5.92 Å². The van der Waals surface area contributed by atoms with Crippen LogP contribution in [0.2, 0.25) is 0 Å². The van der Waals surface area contributed by atoms with Crippen molar-refractivity contribution in [3.63, 3.8) is 0 Å². The van der Waals surface area contributed by atoms with E-state index in [4.69, 9.17) is 4.74 Å². The Labute approximate surface area is 170 Å². The smallest absolute Gasteiger partial charge is 0.305 e. The van der Waals surface area contributed by atoms with E-state index in [1.165, 1.54) is 12.7 Å². The van der Waals surface area contributed by atoms with Crippen LogP contribution in [0.5, 0.6) is 0 Å². The van der Waals surface area contributed by atoms with Gasteiger partial charge in [-0.3, -0.25) is 9.59 Å². The molecule has 0 spiro atoms. The van der Waals surface area contributed by atoms with Gasteiger partial charge in [0.25, 0.3) is 0 Å². The molecule has 160 valence electrons. The largest absolute Gasteiger partial charge is 0.469 e. The molecule has 0 aromatic carbocycles. The second-order valence-electron chi connectivity index (χ2n) is 7.37. The van der Waals surface area contributed by atoms with E-state index in [0.29, 0.717) is 44.6 Å². The van der Waals surface area contributed by atoms with Gasteiger partial charge < -0.3 is 14.6 Å². The van der Waals surface area contributed by atoms with Gasteiger partial charge in [0.2, 0.25) is 0 Å². The molecular formula is C23H38O5. The molecule has 0 heterocycles. The summed E-state index contributed by atoms with van der Waals surface area (Å²) >= 11 is 0. The predicted octanol–water partition coefficient (Wildman–Crippen LogP) is 4.90. The molecule has 28 heavy (non-hydrogen) atoms. The van der Waals surface area contributed by atoms with Crippen molar-refractivity contribution >= 4 is 11.9 Å². The Bertz CT molecular complexity index is 515. The highest BCUT2D eigenvalue weighted by Gasteiger charge is 2.07. The van der Waals surface area contributed by atoms with Crippen molar-refractivity contribution in [2.24, 2.45) is 5.92 Å². The first-order chi connectivity index (χ1) is 13.3. The Morgan fingerprint density at radius 3 is 2.36 bits per heavy atom. The molecule has 0 aliphatic carbocycles. The molecule has 0 amide bonds. The van der Waals surface area contributed by atoms with Crippen molar-refractivity contribution in [3.05, 3.63) is 36.0 Å². The van der Waals surface area contributed by atoms with Crippen LogP contribution in [-0.4, -0.2) is 36.9 Å². The van der Waals surface area contributed by atoms with Crippen LogP contribution in [0.4, 0.5) is 0 Å². The van der Waals surface area contributed by atoms with Gasteiger partial charge in [0, 0.05) is 12.8 Å². The molecule has 0 rings (SSSR count). The van der Waals surface area contributed by atoms with E-state index in [1.54, 1.807) is 6.08 Å². The third-order valence-corrected chi connectivity index (χ3v) is 4.22. The third-order valence-electron chi connectivity index (χ3n) is 4.22. The molecule has 1 N–H and O–H groups in total. The Hall–Kier alpha value is -1.88. The fourth-order valence-corrected chi connectivity index (χ4v) is 2.59. The lowest BCUT2D eigenvalue weighted by Gasteiger charge is -2.12. The normalized spacial score (nSPS) is 13.5. The van der Waals surface area contributed by atoms with Crippen molar-refractivity contribution in [2.75, 3.05) is 13.7 Å². The molecule has 0 saturated carbocycles. The van der Waals surface area contributed by atoms with E-state index in [1.807, 2.05) is 18.2 Å². The van der Waals surface area contributed by atoms with Gasteiger partial charge in [-0.05, 0) is 58.3 Å². The summed E-state index contributed by atoms with van der Waals surface area (Å²) < 4.78 is 9.67. The molecule has 0 bridgehead atoms. The maximum Gasteiger partial charge on any atom is 0.305 e. The summed E-state index contributed by atoms with van der Waals surface area (Å²) in [6, 6.07) is 0. The number of hydrogen-bond donors (Lipinski definition) is 1. The Morgan fingerprint density at radius 1 is 1.04 bits per heavy atom. The van der Waals surface area contributed by atoms with E-state index in [9.17, 15) is 14.7 Å². The zero-order valence-electron chi connectivity index (χ0n) is 18.0. The van der Waals surface area contributed by atoms with Crippen LogP contribution in [-0.2, 0) is 19.1 Å². The highest BCUT2D eigenvalue weighted by molar-refractivity contribution is 5.70. The monoisotopic (exact) mass is 394 g/mol. The summed E-state index contributed by atoms with van der Waals surface area (Å²) in [5.41, 5.74) is 1.34. The van der Waals surface area contributed by atoms with Gasteiger partial charge in [-0.25, -0.2) is 0 Å². The first-order valence-electron chi connectivity index (χ1n) is 10.2. The number of hydrogen-bond acceptors (Lipinski definition) is 5. The molecule has 0 radical (unpaired) electrons. The Kier molecular flexibility index (Phi) is 16.1. The molecule has 0 unspecified atom stereocenters. The maximum atomic E-state index is 11.5. The Morgan fingerprint density at radius 2 is 1.71 bits per heavy atom. The predicted molar refractivity (Wildman–Crippen MR) is 113 cm³/mol.